The minimum absolute atomic E-state index is 0.0539. The Kier molecular flexibility index (Phi) is 3.35. The van der Waals surface area contributed by atoms with Gasteiger partial charge in [0.2, 0.25) is 0 Å². The second-order valence-corrected chi connectivity index (χ2v) is 5.81. The monoisotopic (exact) mass is 249 g/mol. The third-order valence-corrected chi connectivity index (χ3v) is 4.27. The number of nitrogens with zero attached hydrogens (tertiary/aromatic N) is 2. The Labute approximate surface area is 107 Å². The standard InChI is InChI=1S/C13H19N3S/c1-10-5-6-17-11(10)8-16-9-15-7-12(16)13(2,3)14-4/h5-7,9,14H,8H2,1-4H3. The molecule has 0 fully saturated rings. The summed E-state index contributed by atoms with van der Waals surface area (Å²) in [4.78, 5) is 5.67. The molecule has 0 unspecified atom stereocenters. The molecule has 0 radical (unpaired) electrons. The Bertz CT molecular complexity index is 496. The molecule has 0 saturated heterocycles. The van der Waals surface area contributed by atoms with Crippen molar-refractivity contribution in [1.29, 1.82) is 0 Å². The summed E-state index contributed by atoms with van der Waals surface area (Å²) >= 11 is 1.81. The normalized spacial score (nSPS) is 12.0. The van der Waals surface area contributed by atoms with E-state index in [1.54, 1.807) is 11.3 Å². The molecule has 0 aliphatic rings. The van der Waals surface area contributed by atoms with E-state index in [-0.39, 0.29) is 5.54 Å². The van der Waals surface area contributed by atoms with E-state index < -0.39 is 0 Å². The zero-order valence-corrected chi connectivity index (χ0v) is 11.6. The molecule has 4 heteroatoms. The highest BCUT2D eigenvalue weighted by Crippen LogP contribution is 2.22. The molecule has 0 aliphatic heterocycles. The van der Waals surface area contributed by atoms with Crippen molar-refractivity contribution in [3.63, 3.8) is 0 Å². The number of nitrogens with one attached hydrogen (secondary N) is 1. The minimum atomic E-state index is -0.0539. The van der Waals surface area contributed by atoms with E-state index in [0.717, 1.165) is 6.54 Å². The average Bonchev–Trinajstić information content (AvgIpc) is 2.90. The SMILES string of the molecule is CNC(C)(C)c1cncn1Cc1sccc1C. The van der Waals surface area contributed by atoms with Crippen molar-refractivity contribution in [3.8, 4) is 0 Å². The third kappa shape index (κ3) is 2.42. The van der Waals surface area contributed by atoms with Gasteiger partial charge in [0, 0.05) is 4.88 Å². The number of thiophene rings is 1. The lowest BCUT2D eigenvalue weighted by Gasteiger charge is -2.25. The van der Waals surface area contributed by atoms with Crippen LogP contribution in [-0.4, -0.2) is 16.6 Å². The maximum absolute atomic E-state index is 4.27. The number of hydrogen-bond donors (Lipinski definition) is 1. The van der Waals surface area contributed by atoms with E-state index in [9.17, 15) is 0 Å². The Hall–Kier alpha value is -1.13. The third-order valence-electron chi connectivity index (χ3n) is 3.26. The average molecular weight is 249 g/mol. The number of aryl methyl sites for hydroxylation is 1. The van der Waals surface area contributed by atoms with Gasteiger partial charge in [0.1, 0.15) is 0 Å². The van der Waals surface area contributed by atoms with Gasteiger partial charge in [0.15, 0.2) is 0 Å². The molecule has 0 aromatic carbocycles. The molecule has 0 saturated carbocycles. The molecular formula is C13H19N3S. The van der Waals surface area contributed by atoms with E-state index >= 15 is 0 Å². The summed E-state index contributed by atoms with van der Waals surface area (Å²) in [6.07, 6.45) is 3.85. The van der Waals surface area contributed by atoms with Gasteiger partial charge in [-0.15, -0.1) is 11.3 Å². The summed E-state index contributed by atoms with van der Waals surface area (Å²) in [7, 11) is 1.98. The first kappa shape index (κ1) is 12.3. The zero-order chi connectivity index (χ0) is 12.5. The van der Waals surface area contributed by atoms with Crippen LogP contribution in [0.3, 0.4) is 0 Å². The number of imidazole rings is 1. The van der Waals surface area contributed by atoms with E-state index in [0.29, 0.717) is 0 Å². The van der Waals surface area contributed by atoms with Crippen molar-refractivity contribution in [1.82, 2.24) is 14.9 Å². The lowest BCUT2D eigenvalue weighted by molar-refractivity contribution is 0.414. The van der Waals surface area contributed by atoms with Crippen LogP contribution in [0.25, 0.3) is 0 Å². The predicted molar refractivity (Wildman–Crippen MR) is 72.5 cm³/mol. The molecule has 2 rings (SSSR count). The minimum Gasteiger partial charge on any atom is -0.328 e. The molecule has 0 aliphatic carbocycles. The molecule has 2 aromatic heterocycles. The summed E-state index contributed by atoms with van der Waals surface area (Å²) in [5.41, 5.74) is 2.52. The molecule has 1 N–H and O–H groups in total. The molecule has 2 heterocycles. The smallest absolute Gasteiger partial charge is 0.0952 e. The van der Waals surface area contributed by atoms with Gasteiger partial charge in [0.25, 0.3) is 0 Å². The Balaban J connectivity index is 2.29. The van der Waals surface area contributed by atoms with Crippen LogP contribution >= 0.6 is 11.3 Å². The highest BCUT2D eigenvalue weighted by atomic mass is 32.1. The van der Waals surface area contributed by atoms with Crippen LogP contribution in [0, 0.1) is 6.92 Å². The van der Waals surface area contributed by atoms with Gasteiger partial charge in [0.05, 0.1) is 30.3 Å². The first-order valence-electron chi connectivity index (χ1n) is 5.77. The molecule has 2 aromatic rings. The van der Waals surface area contributed by atoms with Crippen molar-refractivity contribution in [2.45, 2.75) is 32.9 Å². The highest BCUT2D eigenvalue weighted by molar-refractivity contribution is 7.10. The molecule has 0 bridgehead atoms. The molecule has 92 valence electrons. The second kappa shape index (κ2) is 4.63. The van der Waals surface area contributed by atoms with E-state index in [1.807, 2.05) is 19.6 Å². The Morgan fingerprint density at radius 2 is 2.24 bits per heavy atom. The lowest BCUT2D eigenvalue weighted by Crippen LogP contribution is -2.35. The summed E-state index contributed by atoms with van der Waals surface area (Å²) < 4.78 is 2.22. The quantitative estimate of drug-likeness (QED) is 0.903. The molecule has 0 spiro atoms. The molecule has 17 heavy (non-hydrogen) atoms. The fraction of sp³-hybridized carbons (Fsp3) is 0.462. The summed E-state index contributed by atoms with van der Waals surface area (Å²) in [5, 5.41) is 5.46. The van der Waals surface area contributed by atoms with Crippen molar-refractivity contribution >= 4 is 11.3 Å². The van der Waals surface area contributed by atoms with Gasteiger partial charge in [-0.05, 0) is 44.8 Å². The summed E-state index contributed by atoms with van der Waals surface area (Å²) in [5.74, 6) is 0. The van der Waals surface area contributed by atoms with Crippen LogP contribution in [0.2, 0.25) is 0 Å². The predicted octanol–water partition coefficient (Wildman–Crippen LogP) is 2.76. The lowest BCUT2D eigenvalue weighted by atomic mass is 10.0. The molecular weight excluding hydrogens is 230 g/mol. The van der Waals surface area contributed by atoms with Crippen LogP contribution in [0.4, 0.5) is 0 Å². The van der Waals surface area contributed by atoms with Crippen LogP contribution in [0.5, 0.6) is 0 Å². The van der Waals surface area contributed by atoms with Gasteiger partial charge < -0.3 is 9.88 Å². The maximum Gasteiger partial charge on any atom is 0.0952 e. The Morgan fingerprint density at radius 3 is 2.82 bits per heavy atom. The van der Waals surface area contributed by atoms with Gasteiger partial charge in [-0.1, -0.05) is 0 Å². The maximum atomic E-state index is 4.27. The van der Waals surface area contributed by atoms with Crippen LogP contribution in [-0.2, 0) is 12.1 Å². The van der Waals surface area contributed by atoms with E-state index in [2.05, 4.69) is 47.1 Å². The van der Waals surface area contributed by atoms with E-state index in [4.69, 9.17) is 0 Å². The summed E-state index contributed by atoms with van der Waals surface area (Å²) in [6, 6.07) is 2.17. The van der Waals surface area contributed by atoms with Crippen LogP contribution in [0.1, 0.15) is 30.0 Å². The zero-order valence-electron chi connectivity index (χ0n) is 10.8. The molecule has 3 nitrogen and oxygen atoms in total. The molecule has 0 atom stereocenters. The fourth-order valence-electron chi connectivity index (χ4n) is 1.82. The Morgan fingerprint density at radius 1 is 1.47 bits per heavy atom. The number of aromatic nitrogens is 2. The molecule has 0 amide bonds. The highest BCUT2D eigenvalue weighted by Gasteiger charge is 2.22. The topological polar surface area (TPSA) is 29.9 Å². The van der Waals surface area contributed by atoms with Gasteiger partial charge in [-0.25, -0.2) is 4.98 Å². The van der Waals surface area contributed by atoms with Gasteiger partial charge in [-0.2, -0.15) is 0 Å². The van der Waals surface area contributed by atoms with Crippen LogP contribution < -0.4 is 5.32 Å². The fourth-order valence-corrected chi connectivity index (χ4v) is 2.72. The number of hydrogen-bond acceptors (Lipinski definition) is 3. The first-order valence-corrected chi connectivity index (χ1v) is 6.65. The van der Waals surface area contributed by atoms with Crippen molar-refractivity contribution < 1.29 is 0 Å². The first-order chi connectivity index (χ1) is 8.04. The summed E-state index contributed by atoms with van der Waals surface area (Å²) in [6.45, 7) is 7.40. The van der Waals surface area contributed by atoms with Crippen molar-refractivity contribution in [2.75, 3.05) is 7.05 Å². The van der Waals surface area contributed by atoms with Crippen LogP contribution in [0.15, 0.2) is 24.0 Å². The van der Waals surface area contributed by atoms with Crippen molar-refractivity contribution in [3.05, 3.63) is 40.1 Å². The number of rotatable bonds is 4. The van der Waals surface area contributed by atoms with Crippen molar-refractivity contribution in [2.24, 2.45) is 0 Å². The van der Waals surface area contributed by atoms with Gasteiger partial charge in [-0.3, -0.25) is 0 Å². The largest absolute Gasteiger partial charge is 0.328 e. The van der Waals surface area contributed by atoms with Gasteiger partial charge >= 0.3 is 0 Å². The second-order valence-electron chi connectivity index (χ2n) is 4.81. The van der Waals surface area contributed by atoms with E-state index in [1.165, 1.54) is 16.1 Å².